The Morgan fingerprint density at radius 2 is 1.92 bits per heavy atom. The molecule has 1 aromatic heterocycles. The maximum Gasteiger partial charge on any atom is 0.275 e. The Kier molecular flexibility index (Phi) is 1.40. The highest BCUT2D eigenvalue weighted by atomic mass is 19.1. The SMILES string of the molecule is Oc1c(F)nnc2ccccc12. The molecule has 2 aromatic rings. The quantitative estimate of drug-likeness (QED) is 0.641. The van der Waals surface area contributed by atoms with Crippen LogP contribution in [0.2, 0.25) is 0 Å². The number of hydrogen-bond donors (Lipinski definition) is 1. The lowest BCUT2D eigenvalue weighted by Gasteiger charge is -1.97. The van der Waals surface area contributed by atoms with Crippen LogP contribution in [-0.2, 0) is 0 Å². The highest BCUT2D eigenvalue weighted by Gasteiger charge is 2.06. The number of halogens is 1. The molecule has 4 heteroatoms. The Morgan fingerprint density at radius 3 is 2.75 bits per heavy atom. The molecule has 1 heterocycles. The zero-order chi connectivity index (χ0) is 8.55. The van der Waals surface area contributed by atoms with Gasteiger partial charge in [0.25, 0.3) is 5.95 Å². The number of hydrogen-bond acceptors (Lipinski definition) is 3. The molecule has 60 valence electrons. The molecule has 0 saturated heterocycles. The maximum absolute atomic E-state index is 12.6. The van der Waals surface area contributed by atoms with Crippen molar-refractivity contribution in [3.63, 3.8) is 0 Å². The molecule has 12 heavy (non-hydrogen) atoms. The third-order valence-corrected chi connectivity index (χ3v) is 1.60. The van der Waals surface area contributed by atoms with Crippen molar-refractivity contribution in [1.29, 1.82) is 0 Å². The molecule has 0 atom stereocenters. The monoisotopic (exact) mass is 164 g/mol. The van der Waals surface area contributed by atoms with E-state index >= 15 is 0 Å². The summed E-state index contributed by atoms with van der Waals surface area (Å²) in [4.78, 5) is 0. The first kappa shape index (κ1) is 6.97. The van der Waals surface area contributed by atoms with Crippen molar-refractivity contribution in [2.24, 2.45) is 0 Å². The highest BCUT2D eigenvalue weighted by molar-refractivity contribution is 5.83. The van der Waals surface area contributed by atoms with Gasteiger partial charge in [0.2, 0.25) is 0 Å². The van der Waals surface area contributed by atoms with Gasteiger partial charge in [-0.25, -0.2) is 0 Å². The van der Waals surface area contributed by atoms with Crippen molar-refractivity contribution < 1.29 is 9.50 Å². The lowest BCUT2D eigenvalue weighted by molar-refractivity contribution is 0.420. The van der Waals surface area contributed by atoms with Gasteiger partial charge in [0.1, 0.15) is 0 Å². The molecule has 1 N–H and O–H groups in total. The predicted molar refractivity (Wildman–Crippen MR) is 41.2 cm³/mol. The van der Waals surface area contributed by atoms with E-state index in [2.05, 4.69) is 10.2 Å². The fourth-order valence-corrected chi connectivity index (χ4v) is 1.02. The minimum atomic E-state index is -0.936. The third-order valence-electron chi connectivity index (χ3n) is 1.60. The number of fused-ring (bicyclic) bond motifs is 1. The Morgan fingerprint density at radius 1 is 1.17 bits per heavy atom. The summed E-state index contributed by atoms with van der Waals surface area (Å²) in [5.41, 5.74) is 0.483. The molecular weight excluding hydrogens is 159 g/mol. The zero-order valence-corrected chi connectivity index (χ0v) is 6.03. The number of aromatic hydroxyl groups is 1. The van der Waals surface area contributed by atoms with Gasteiger partial charge in [-0.1, -0.05) is 12.1 Å². The van der Waals surface area contributed by atoms with Gasteiger partial charge in [-0.2, -0.15) is 4.39 Å². The lowest BCUT2D eigenvalue weighted by atomic mass is 10.2. The summed E-state index contributed by atoms with van der Waals surface area (Å²) in [6, 6.07) is 6.68. The summed E-state index contributed by atoms with van der Waals surface area (Å²) >= 11 is 0. The molecule has 0 bridgehead atoms. The van der Waals surface area contributed by atoms with E-state index in [1.165, 1.54) is 0 Å². The predicted octanol–water partition coefficient (Wildman–Crippen LogP) is 1.47. The van der Waals surface area contributed by atoms with Gasteiger partial charge in [0.05, 0.1) is 5.52 Å². The molecule has 0 saturated carbocycles. The number of aromatic nitrogens is 2. The fraction of sp³-hybridized carbons (Fsp3) is 0. The van der Waals surface area contributed by atoms with E-state index in [-0.39, 0.29) is 0 Å². The van der Waals surface area contributed by atoms with Gasteiger partial charge >= 0.3 is 0 Å². The average Bonchev–Trinajstić information content (AvgIpc) is 2.12. The van der Waals surface area contributed by atoms with Crippen LogP contribution in [-0.4, -0.2) is 15.3 Å². The molecule has 3 nitrogen and oxygen atoms in total. The van der Waals surface area contributed by atoms with Crippen molar-refractivity contribution in [1.82, 2.24) is 10.2 Å². The molecule has 0 aliphatic rings. The average molecular weight is 164 g/mol. The summed E-state index contributed by atoms with van der Waals surface area (Å²) in [6.07, 6.45) is 0. The van der Waals surface area contributed by atoms with E-state index < -0.39 is 11.7 Å². The van der Waals surface area contributed by atoms with Crippen LogP contribution in [0.4, 0.5) is 4.39 Å². The zero-order valence-electron chi connectivity index (χ0n) is 6.03. The highest BCUT2D eigenvalue weighted by Crippen LogP contribution is 2.23. The van der Waals surface area contributed by atoms with Gasteiger partial charge < -0.3 is 5.11 Å². The first-order valence-electron chi connectivity index (χ1n) is 3.39. The second-order valence-electron chi connectivity index (χ2n) is 2.36. The van der Waals surface area contributed by atoms with E-state index in [9.17, 15) is 9.50 Å². The summed E-state index contributed by atoms with van der Waals surface area (Å²) < 4.78 is 12.6. The van der Waals surface area contributed by atoms with Gasteiger partial charge in [0.15, 0.2) is 5.75 Å². The molecule has 2 rings (SSSR count). The van der Waals surface area contributed by atoms with Crippen LogP contribution >= 0.6 is 0 Å². The van der Waals surface area contributed by atoms with Crippen molar-refractivity contribution in [3.05, 3.63) is 30.2 Å². The molecule has 1 aromatic carbocycles. The van der Waals surface area contributed by atoms with Crippen LogP contribution in [0, 0.1) is 5.95 Å². The second-order valence-corrected chi connectivity index (χ2v) is 2.36. The second kappa shape index (κ2) is 2.41. The van der Waals surface area contributed by atoms with Crippen LogP contribution in [0.25, 0.3) is 10.9 Å². The molecular formula is C8H5FN2O. The Balaban J connectivity index is 2.91. The number of nitrogens with zero attached hydrogens (tertiary/aromatic N) is 2. The van der Waals surface area contributed by atoms with Crippen molar-refractivity contribution in [3.8, 4) is 5.75 Å². The smallest absolute Gasteiger partial charge is 0.275 e. The van der Waals surface area contributed by atoms with Gasteiger partial charge in [0, 0.05) is 5.39 Å². The molecule has 0 aliphatic heterocycles. The van der Waals surface area contributed by atoms with Gasteiger partial charge in [-0.3, -0.25) is 0 Å². The standard InChI is InChI=1S/C8H5FN2O/c9-8-7(12)5-3-1-2-4-6(5)10-11-8/h1-4H,(H,10,12). The minimum absolute atomic E-state index is 0.380. The Bertz CT molecular complexity index is 430. The molecule has 0 amide bonds. The molecule has 0 spiro atoms. The maximum atomic E-state index is 12.6. The van der Waals surface area contributed by atoms with Crippen LogP contribution in [0.3, 0.4) is 0 Å². The normalized spacial score (nSPS) is 10.4. The summed E-state index contributed by atoms with van der Waals surface area (Å²) in [5.74, 6) is -1.38. The Labute approximate surface area is 67.5 Å². The largest absolute Gasteiger partial charge is 0.503 e. The van der Waals surface area contributed by atoms with Gasteiger partial charge in [-0.05, 0) is 12.1 Å². The fourth-order valence-electron chi connectivity index (χ4n) is 1.02. The van der Waals surface area contributed by atoms with E-state index in [1.54, 1.807) is 24.3 Å². The molecule has 0 radical (unpaired) electrons. The van der Waals surface area contributed by atoms with Crippen LogP contribution < -0.4 is 0 Å². The van der Waals surface area contributed by atoms with Crippen LogP contribution in [0.5, 0.6) is 5.75 Å². The topological polar surface area (TPSA) is 46.0 Å². The first-order chi connectivity index (χ1) is 5.79. The number of rotatable bonds is 0. The van der Waals surface area contributed by atoms with E-state index in [1.807, 2.05) is 0 Å². The summed E-state index contributed by atoms with van der Waals surface area (Å²) in [5, 5.41) is 16.3. The molecule has 0 fully saturated rings. The van der Waals surface area contributed by atoms with Crippen LogP contribution in [0.15, 0.2) is 24.3 Å². The Hall–Kier alpha value is -1.71. The van der Waals surface area contributed by atoms with Crippen molar-refractivity contribution >= 4 is 10.9 Å². The van der Waals surface area contributed by atoms with E-state index in [4.69, 9.17) is 0 Å². The van der Waals surface area contributed by atoms with E-state index in [0.29, 0.717) is 10.9 Å². The molecule has 0 unspecified atom stereocenters. The molecule has 0 aliphatic carbocycles. The summed E-state index contributed by atoms with van der Waals surface area (Å²) in [6.45, 7) is 0. The first-order valence-corrected chi connectivity index (χ1v) is 3.39. The lowest BCUT2D eigenvalue weighted by Crippen LogP contribution is -1.89. The number of benzene rings is 1. The minimum Gasteiger partial charge on any atom is -0.503 e. The van der Waals surface area contributed by atoms with E-state index in [0.717, 1.165) is 0 Å². The third kappa shape index (κ3) is 0.887. The van der Waals surface area contributed by atoms with Crippen LogP contribution in [0.1, 0.15) is 0 Å². The summed E-state index contributed by atoms with van der Waals surface area (Å²) in [7, 11) is 0. The van der Waals surface area contributed by atoms with Crippen molar-refractivity contribution in [2.45, 2.75) is 0 Å². The van der Waals surface area contributed by atoms with Gasteiger partial charge in [-0.15, -0.1) is 10.2 Å². The van der Waals surface area contributed by atoms with Crippen molar-refractivity contribution in [2.75, 3.05) is 0 Å².